The molecule has 18 heavy (non-hydrogen) atoms. The fourth-order valence-electron chi connectivity index (χ4n) is 1.66. The first-order chi connectivity index (χ1) is 8.66. The number of rotatable bonds is 4. The minimum absolute atomic E-state index is 0.256. The molecule has 4 nitrogen and oxygen atoms in total. The van der Waals surface area contributed by atoms with Crippen LogP contribution in [-0.2, 0) is 6.54 Å². The smallest absolute Gasteiger partial charge is 0.335 e. The van der Waals surface area contributed by atoms with Crippen molar-refractivity contribution in [2.75, 3.05) is 5.32 Å². The highest BCUT2D eigenvalue weighted by molar-refractivity contribution is 5.87. The number of carboxylic acid groups (broad SMARTS) is 1. The second-order valence-electron chi connectivity index (χ2n) is 4.01. The molecule has 0 saturated heterocycles. The average molecular weight is 242 g/mol. The summed E-state index contributed by atoms with van der Waals surface area (Å²) in [4.78, 5) is 15.0. The van der Waals surface area contributed by atoms with E-state index in [1.165, 1.54) is 12.3 Å². The van der Waals surface area contributed by atoms with Crippen LogP contribution in [0, 0.1) is 6.92 Å². The highest BCUT2D eigenvalue weighted by Gasteiger charge is 2.04. The Morgan fingerprint density at radius 2 is 2.11 bits per heavy atom. The van der Waals surface area contributed by atoms with Crippen LogP contribution in [0.1, 0.15) is 21.6 Å². The monoisotopic (exact) mass is 242 g/mol. The number of aromatic carboxylic acids is 1. The number of pyridine rings is 1. The maximum absolute atomic E-state index is 10.8. The summed E-state index contributed by atoms with van der Waals surface area (Å²) in [6.07, 6.45) is 1.51. The van der Waals surface area contributed by atoms with Gasteiger partial charge in [0.1, 0.15) is 0 Å². The molecule has 0 radical (unpaired) electrons. The SMILES string of the molecule is Cc1ccccc1NCc1cc(C(=O)O)ccn1. The summed E-state index contributed by atoms with van der Waals surface area (Å²) in [5.41, 5.74) is 3.14. The molecule has 2 aromatic rings. The highest BCUT2D eigenvalue weighted by Crippen LogP contribution is 2.14. The van der Waals surface area contributed by atoms with E-state index in [0.717, 1.165) is 11.3 Å². The molecule has 0 saturated carbocycles. The predicted molar refractivity (Wildman–Crippen MR) is 69.7 cm³/mol. The van der Waals surface area contributed by atoms with Crippen molar-refractivity contribution in [3.63, 3.8) is 0 Å². The van der Waals surface area contributed by atoms with Crippen LogP contribution in [0.2, 0.25) is 0 Å². The summed E-state index contributed by atoms with van der Waals surface area (Å²) in [7, 11) is 0. The van der Waals surface area contributed by atoms with Crippen molar-refractivity contribution in [3.05, 3.63) is 59.4 Å². The van der Waals surface area contributed by atoms with Gasteiger partial charge in [-0.25, -0.2) is 4.79 Å². The number of aromatic nitrogens is 1. The van der Waals surface area contributed by atoms with Gasteiger partial charge in [-0.3, -0.25) is 4.98 Å². The normalized spacial score (nSPS) is 10.1. The number of carboxylic acids is 1. The van der Waals surface area contributed by atoms with Crippen molar-refractivity contribution in [2.24, 2.45) is 0 Å². The predicted octanol–water partition coefficient (Wildman–Crippen LogP) is 2.70. The summed E-state index contributed by atoms with van der Waals surface area (Å²) in [5, 5.41) is 12.1. The van der Waals surface area contributed by atoms with Gasteiger partial charge >= 0.3 is 5.97 Å². The molecular weight excluding hydrogens is 228 g/mol. The van der Waals surface area contributed by atoms with Gasteiger partial charge in [-0.15, -0.1) is 0 Å². The summed E-state index contributed by atoms with van der Waals surface area (Å²) in [6.45, 7) is 2.52. The lowest BCUT2D eigenvalue weighted by Crippen LogP contribution is -2.05. The largest absolute Gasteiger partial charge is 0.478 e. The molecule has 1 aromatic carbocycles. The molecule has 0 bridgehead atoms. The number of hydrogen-bond acceptors (Lipinski definition) is 3. The van der Waals surface area contributed by atoms with Gasteiger partial charge in [-0.2, -0.15) is 0 Å². The van der Waals surface area contributed by atoms with E-state index in [1.54, 1.807) is 6.07 Å². The van der Waals surface area contributed by atoms with Gasteiger partial charge in [0.15, 0.2) is 0 Å². The van der Waals surface area contributed by atoms with E-state index in [4.69, 9.17) is 5.11 Å². The molecule has 2 N–H and O–H groups in total. The lowest BCUT2D eigenvalue weighted by atomic mass is 10.2. The van der Waals surface area contributed by atoms with E-state index in [0.29, 0.717) is 12.2 Å². The zero-order chi connectivity index (χ0) is 13.0. The molecule has 0 atom stereocenters. The Labute approximate surface area is 105 Å². The summed E-state index contributed by atoms with van der Waals surface area (Å²) >= 11 is 0. The Hall–Kier alpha value is -2.36. The third-order valence-corrected chi connectivity index (χ3v) is 2.67. The molecular formula is C14H14N2O2. The third kappa shape index (κ3) is 2.85. The Morgan fingerprint density at radius 1 is 1.33 bits per heavy atom. The van der Waals surface area contributed by atoms with Crippen LogP contribution >= 0.6 is 0 Å². The molecule has 0 fully saturated rings. The first-order valence-electron chi connectivity index (χ1n) is 5.64. The number of carbonyl (C=O) groups is 1. The van der Waals surface area contributed by atoms with Crippen LogP contribution in [0.4, 0.5) is 5.69 Å². The van der Waals surface area contributed by atoms with E-state index in [9.17, 15) is 4.79 Å². The number of aryl methyl sites for hydroxylation is 1. The molecule has 1 heterocycles. The van der Waals surface area contributed by atoms with E-state index < -0.39 is 5.97 Å². The van der Waals surface area contributed by atoms with Gasteiger partial charge in [0.05, 0.1) is 17.8 Å². The Bertz CT molecular complexity index is 567. The number of benzene rings is 1. The molecule has 0 unspecified atom stereocenters. The fourth-order valence-corrected chi connectivity index (χ4v) is 1.66. The second-order valence-corrected chi connectivity index (χ2v) is 4.01. The van der Waals surface area contributed by atoms with Crippen molar-refractivity contribution >= 4 is 11.7 Å². The third-order valence-electron chi connectivity index (χ3n) is 2.67. The van der Waals surface area contributed by atoms with Crippen molar-refractivity contribution < 1.29 is 9.90 Å². The maximum Gasteiger partial charge on any atom is 0.335 e. The molecule has 4 heteroatoms. The van der Waals surface area contributed by atoms with Crippen molar-refractivity contribution in [3.8, 4) is 0 Å². The Balaban J connectivity index is 2.09. The lowest BCUT2D eigenvalue weighted by Gasteiger charge is -2.08. The quantitative estimate of drug-likeness (QED) is 0.865. The molecule has 1 aromatic heterocycles. The zero-order valence-electron chi connectivity index (χ0n) is 10.1. The summed E-state index contributed by atoms with van der Waals surface area (Å²) in [6, 6.07) is 11.0. The van der Waals surface area contributed by atoms with Gasteiger partial charge in [-0.05, 0) is 30.7 Å². The molecule has 0 aliphatic carbocycles. The van der Waals surface area contributed by atoms with Crippen molar-refractivity contribution in [2.45, 2.75) is 13.5 Å². The minimum Gasteiger partial charge on any atom is -0.478 e. The second kappa shape index (κ2) is 5.31. The van der Waals surface area contributed by atoms with Gasteiger partial charge in [-0.1, -0.05) is 18.2 Å². The number of para-hydroxylation sites is 1. The number of anilines is 1. The van der Waals surface area contributed by atoms with Crippen LogP contribution < -0.4 is 5.32 Å². The number of hydrogen-bond donors (Lipinski definition) is 2. The van der Waals surface area contributed by atoms with E-state index in [1.807, 2.05) is 31.2 Å². The fraction of sp³-hybridized carbons (Fsp3) is 0.143. The van der Waals surface area contributed by atoms with Gasteiger partial charge in [0.2, 0.25) is 0 Å². The van der Waals surface area contributed by atoms with E-state index in [2.05, 4.69) is 10.3 Å². The van der Waals surface area contributed by atoms with Crippen LogP contribution in [0.5, 0.6) is 0 Å². The molecule has 0 aliphatic rings. The van der Waals surface area contributed by atoms with E-state index >= 15 is 0 Å². The zero-order valence-corrected chi connectivity index (χ0v) is 10.1. The topological polar surface area (TPSA) is 62.2 Å². The van der Waals surface area contributed by atoms with Crippen LogP contribution in [0.15, 0.2) is 42.6 Å². The number of nitrogens with one attached hydrogen (secondary N) is 1. The maximum atomic E-state index is 10.8. The van der Waals surface area contributed by atoms with Gasteiger partial charge in [0, 0.05) is 11.9 Å². The average Bonchev–Trinajstić information content (AvgIpc) is 2.38. The summed E-state index contributed by atoms with van der Waals surface area (Å²) in [5.74, 6) is -0.936. The van der Waals surface area contributed by atoms with Crippen LogP contribution in [0.3, 0.4) is 0 Å². The molecule has 0 amide bonds. The summed E-state index contributed by atoms with van der Waals surface area (Å²) < 4.78 is 0. The van der Waals surface area contributed by atoms with Crippen LogP contribution in [0.25, 0.3) is 0 Å². The van der Waals surface area contributed by atoms with Gasteiger partial charge < -0.3 is 10.4 Å². The highest BCUT2D eigenvalue weighted by atomic mass is 16.4. The molecule has 92 valence electrons. The lowest BCUT2D eigenvalue weighted by molar-refractivity contribution is 0.0696. The molecule has 0 spiro atoms. The Kier molecular flexibility index (Phi) is 3.57. The van der Waals surface area contributed by atoms with Crippen molar-refractivity contribution in [1.82, 2.24) is 4.98 Å². The molecule has 2 rings (SSSR count). The first kappa shape index (κ1) is 12.1. The molecule has 0 aliphatic heterocycles. The van der Waals surface area contributed by atoms with Gasteiger partial charge in [0.25, 0.3) is 0 Å². The number of nitrogens with zero attached hydrogens (tertiary/aromatic N) is 1. The standard InChI is InChI=1S/C14H14N2O2/c1-10-4-2-3-5-13(10)16-9-12-8-11(14(17)18)6-7-15-12/h2-8,16H,9H2,1H3,(H,17,18). The van der Waals surface area contributed by atoms with Crippen molar-refractivity contribution in [1.29, 1.82) is 0 Å². The van der Waals surface area contributed by atoms with Crippen LogP contribution in [-0.4, -0.2) is 16.1 Å². The first-order valence-corrected chi connectivity index (χ1v) is 5.64. The Morgan fingerprint density at radius 3 is 2.83 bits per heavy atom. The van der Waals surface area contributed by atoms with E-state index in [-0.39, 0.29) is 5.56 Å². The minimum atomic E-state index is -0.936.